The third-order valence-electron chi connectivity index (χ3n) is 5.27. The number of hydrogen-bond donors (Lipinski definition) is 3. The van der Waals surface area contributed by atoms with Crippen LogP contribution in [0.15, 0.2) is 70.8 Å². The number of carboxylic acid groups (broad SMARTS) is 2. The van der Waals surface area contributed by atoms with Gasteiger partial charge in [-0.25, -0.2) is 14.3 Å². The number of H-pyrrole nitrogens is 1. The summed E-state index contributed by atoms with van der Waals surface area (Å²) in [7, 11) is 0. The summed E-state index contributed by atoms with van der Waals surface area (Å²) in [4.78, 5) is 48.7. The van der Waals surface area contributed by atoms with Gasteiger partial charge in [-0.05, 0) is 62.4 Å². The van der Waals surface area contributed by atoms with Crippen molar-refractivity contribution in [3.8, 4) is 5.69 Å². The zero-order chi connectivity index (χ0) is 23.9. The number of nitrogens with zero attached hydrogens (tertiary/aromatic N) is 3. The summed E-state index contributed by atoms with van der Waals surface area (Å²) in [5.74, 6) is -2.13. The molecular weight excluding hydrogens is 428 g/mol. The lowest BCUT2D eigenvalue weighted by Crippen LogP contribution is -2.23. The van der Waals surface area contributed by atoms with Crippen molar-refractivity contribution < 1.29 is 24.7 Å². The van der Waals surface area contributed by atoms with E-state index < -0.39 is 17.5 Å². The monoisotopic (exact) mass is 447 g/mol. The normalized spacial score (nSPS) is 14.6. The molecule has 0 saturated heterocycles. The van der Waals surface area contributed by atoms with Gasteiger partial charge in [0.1, 0.15) is 5.69 Å². The molecule has 0 unspecified atom stereocenters. The smallest absolute Gasteiger partial charge is 0.335 e. The molecule has 3 N–H and O–H groups in total. The van der Waals surface area contributed by atoms with Crippen molar-refractivity contribution in [1.82, 2.24) is 9.78 Å². The van der Waals surface area contributed by atoms with Gasteiger partial charge < -0.3 is 10.2 Å². The highest BCUT2D eigenvalue weighted by molar-refractivity contribution is 5.88. The number of nitroso groups, excluding NO2 is 1. The predicted molar refractivity (Wildman–Crippen MR) is 119 cm³/mol. The van der Waals surface area contributed by atoms with E-state index in [0.29, 0.717) is 27.5 Å². The highest BCUT2D eigenvalue weighted by Gasteiger charge is 2.36. The standard InChI is InChI=1S/C23H18N4O6/c1-13-12-25(17-7-3-15(4-8-17)22(29)30)27(33)20(13)11-19-14(2)24-26(21(19)28)18-9-5-16(6-10-18)23(31)32/h3-12H,1-2H3,(H2-,24,28,29,30,31,32,33)/p+1. The molecule has 166 valence electrons. The van der Waals surface area contributed by atoms with Gasteiger partial charge in [-0.15, -0.1) is 0 Å². The molecule has 4 rings (SSSR count). The zero-order valence-corrected chi connectivity index (χ0v) is 17.6. The van der Waals surface area contributed by atoms with Gasteiger partial charge in [0.25, 0.3) is 11.3 Å². The number of allylic oxidation sites excluding steroid dienone is 1. The molecule has 0 fully saturated rings. The van der Waals surface area contributed by atoms with Gasteiger partial charge in [0.05, 0.1) is 39.1 Å². The van der Waals surface area contributed by atoms with Gasteiger partial charge in [-0.1, -0.05) is 5.01 Å². The van der Waals surface area contributed by atoms with Crippen LogP contribution in [0.4, 0.5) is 5.69 Å². The van der Waals surface area contributed by atoms with Gasteiger partial charge in [0, 0.05) is 11.8 Å². The number of carboxylic acids is 2. The maximum Gasteiger partial charge on any atom is 0.335 e. The summed E-state index contributed by atoms with van der Waals surface area (Å²) in [6.07, 6.45) is 3.08. The lowest BCUT2D eigenvalue weighted by Gasteiger charge is -2.05. The number of hydrogen-bond acceptors (Lipinski definition) is 4. The van der Waals surface area contributed by atoms with Gasteiger partial charge >= 0.3 is 11.9 Å². The maximum atomic E-state index is 13.0. The minimum atomic E-state index is -1.07. The second kappa shape index (κ2) is 8.08. The van der Waals surface area contributed by atoms with Crippen LogP contribution in [0.2, 0.25) is 0 Å². The van der Waals surface area contributed by atoms with Gasteiger partial charge in [0.15, 0.2) is 4.87 Å². The van der Waals surface area contributed by atoms with Crippen molar-refractivity contribution in [3.05, 3.63) is 104 Å². The molecule has 1 aliphatic rings. The largest absolute Gasteiger partial charge is 0.478 e. The molecule has 0 saturated carbocycles. The van der Waals surface area contributed by atoms with Gasteiger partial charge in [0.2, 0.25) is 0 Å². The Balaban J connectivity index is 1.67. The van der Waals surface area contributed by atoms with Crippen molar-refractivity contribution in [2.45, 2.75) is 13.8 Å². The summed E-state index contributed by atoms with van der Waals surface area (Å²) < 4.78 is 1.28. The van der Waals surface area contributed by atoms with Crippen LogP contribution in [0, 0.1) is 11.8 Å². The van der Waals surface area contributed by atoms with E-state index in [1.165, 1.54) is 64.3 Å². The SMILES string of the molecule is CC1=CN(c2ccc(C(=O)O)cc2)[N+](=O)/C1=C\c1c(C)[nH]n(-c2ccc(C(=O)O)cc2)c1=O. The number of benzene rings is 2. The number of aryl methyl sites for hydroxylation is 1. The molecule has 0 bridgehead atoms. The first-order chi connectivity index (χ1) is 15.7. The molecule has 3 aromatic rings. The molecule has 0 amide bonds. The van der Waals surface area contributed by atoms with E-state index in [2.05, 4.69) is 5.10 Å². The highest BCUT2D eigenvalue weighted by atomic mass is 16.4. The fraction of sp³-hybridized carbons (Fsp3) is 0.0870. The second-order valence-electron chi connectivity index (χ2n) is 7.45. The highest BCUT2D eigenvalue weighted by Crippen LogP contribution is 2.29. The van der Waals surface area contributed by atoms with Crippen LogP contribution < -0.4 is 10.6 Å². The van der Waals surface area contributed by atoms with Crippen molar-refractivity contribution in [2.24, 2.45) is 0 Å². The number of aromatic nitrogens is 2. The lowest BCUT2D eigenvalue weighted by molar-refractivity contribution is -0.491. The zero-order valence-electron chi connectivity index (χ0n) is 17.6. The molecule has 10 nitrogen and oxygen atoms in total. The molecule has 2 aromatic carbocycles. The molecule has 1 aliphatic heterocycles. The van der Waals surface area contributed by atoms with Crippen molar-refractivity contribution in [2.75, 3.05) is 5.01 Å². The Bertz CT molecular complexity index is 1410. The quantitative estimate of drug-likeness (QED) is 0.511. The molecule has 0 aliphatic carbocycles. The van der Waals surface area contributed by atoms with Crippen LogP contribution in [0.25, 0.3) is 11.8 Å². The second-order valence-corrected chi connectivity index (χ2v) is 7.45. The predicted octanol–water partition coefficient (Wildman–Crippen LogP) is 3.33. The summed E-state index contributed by atoms with van der Waals surface area (Å²) >= 11 is 0. The summed E-state index contributed by atoms with van der Waals surface area (Å²) in [5.41, 5.74) is 2.41. The van der Waals surface area contributed by atoms with Gasteiger partial charge in [-0.2, -0.15) is 0 Å². The number of nitrogens with one attached hydrogen (secondary N) is 1. The average Bonchev–Trinajstić information content (AvgIpc) is 3.24. The third kappa shape index (κ3) is 3.85. The molecule has 1 aromatic heterocycles. The van der Waals surface area contributed by atoms with Gasteiger partial charge in [-0.3, -0.25) is 9.89 Å². The van der Waals surface area contributed by atoms with E-state index in [-0.39, 0.29) is 22.4 Å². The Morgan fingerprint density at radius 1 is 0.909 bits per heavy atom. The van der Waals surface area contributed by atoms with Crippen LogP contribution in [-0.4, -0.2) is 36.8 Å². The van der Waals surface area contributed by atoms with E-state index in [4.69, 9.17) is 10.2 Å². The number of aromatic amines is 1. The van der Waals surface area contributed by atoms with Crippen molar-refractivity contribution in [3.63, 3.8) is 0 Å². The minimum Gasteiger partial charge on any atom is -0.478 e. The molecule has 10 heteroatoms. The fourth-order valence-electron chi connectivity index (χ4n) is 3.48. The van der Waals surface area contributed by atoms with Crippen LogP contribution in [-0.2, 0) is 0 Å². The molecule has 33 heavy (non-hydrogen) atoms. The summed E-state index contributed by atoms with van der Waals surface area (Å²) in [5, 5.41) is 22.4. The maximum absolute atomic E-state index is 13.0. The Kier molecular flexibility index (Phi) is 5.26. The minimum absolute atomic E-state index is 0.0996. The molecular formula is C23H19N4O6+. The molecule has 2 heterocycles. The van der Waals surface area contributed by atoms with E-state index in [9.17, 15) is 19.3 Å². The Morgan fingerprint density at radius 3 is 1.94 bits per heavy atom. The molecule has 0 radical (unpaired) electrons. The Labute approximate surface area is 186 Å². The number of hydrazine groups is 1. The topological polar surface area (TPSA) is 136 Å². The Morgan fingerprint density at radius 2 is 1.42 bits per heavy atom. The summed E-state index contributed by atoms with van der Waals surface area (Å²) in [6, 6.07) is 11.7. The van der Waals surface area contributed by atoms with Crippen molar-refractivity contribution >= 4 is 23.7 Å². The van der Waals surface area contributed by atoms with Crippen LogP contribution in [0.1, 0.15) is 38.9 Å². The van der Waals surface area contributed by atoms with E-state index in [1.54, 1.807) is 20.0 Å². The fourth-order valence-corrected chi connectivity index (χ4v) is 3.48. The van der Waals surface area contributed by atoms with Crippen LogP contribution >= 0.6 is 0 Å². The number of aromatic carboxylic acids is 2. The number of carbonyl (C=O) groups is 2. The number of rotatable bonds is 5. The Hall–Kier alpha value is -4.73. The van der Waals surface area contributed by atoms with Crippen LogP contribution in [0.5, 0.6) is 0 Å². The van der Waals surface area contributed by atoms with Crippen molar-refractivity contribution in [1.29, 1.82) is 0 Å². The van der Waals surface area contributed by atoms with E-state index in [1.807, 2.05) is 0 Å². The van der Waals surface area contributed by atoms with E-state index >= 15 is 0 Å². The summed E-state index contributed by atoms with van der Waals surface area (Å²) in [6.45, 7) is 3.43. The molecule has 0 spiro atoms. The third-order valence-corrected chi connectivity index (χ3v) is 5.27. The van der Waals surface area contributed by atoms with E-state index in [0.717, 1.165) is 0 Å². The van der Waals surface area contributed by atoms with Crippen LogP contribution in [0.3, 0.4) is 0 Å². The molecule has 0 atom stereocenters. The number of anilines is 1. The first-order valence-electron chi connectivity index (χ1n) is 9.83. The first kappa shape index (κ1) is 21.5. The lowest BCUT2D eigenvalue weighted by atomic mass is 10.1. The average molecular weight is 447 g/mol. The first-order valence-corrected chi connectivity index (χ1v) is 9.83.